The van der Waals surface area contributed by atoms with E-state index in [0.29, 0.717) is 17.6 Å². The van der Waals surface area contributed by atoms with Gasteiger partial charge < -0.3 is 20.5 Å². The summed E-state index contributed by atoms with van der Waals surface area (Å²) in [6, 6.07) is 7.73. The van der Waals surface area contributed by atoms with Gasteiger partial charge in [0.25, 0.3) is 0 Å². The van der Waals surface area contributed by atoms with Gasteiger partial charge in [0.1, 0.15) is 11.9 Å². The van der Waals surface area contributed by atoms with Gasteiger partial charge in [-0.05, 0) is 63.8 Å². The molecule has 1 aliphatic rings. The molecule has 0 radical (unpaired) electrons. The van der Waals surface area contributed by atoms with Crippen molar-refractivity contribution in [3.05, 3.63) is 29.3 Å². The van der Waals surface area contributed by atoms with Crippen LogP contribution in [0, 0.1) is 0 Å². The molecule has 1 aromatic carbocycles. The first kappa shape index (κ1) is 22.3. The molecule has 142 valence electrons. The minimum Gasteiger partial charge on any atom is -0.489 e. The van der Waals surface area contributed by atoms with Crippen LogP contribution in [0.5, 0.6) is 5.75 Å². The van der Waals surface area contributed by atoms with Crippen LogP contribution < -0.4 is 15.4 Å². The zero-order valence-corrected chi connectivity index (χ0v) is 18.0. The summed E-state index contributed by atoms with van der Waals surface area (Å²) in [6.07, 6.45) is 3.48. The van der Waals surface area contributed by atoms with Crippen molar-refractivity contribution in [3.8, 4) is 5.75 Å². The van der Waals surface area contributed by atoms with E-state index in [2.05, 4.69) is 22.5 Å². The van der Waals surface area contributed by atoms with E-state index in [1.165, 1.54) is 0 Å². The second-order valence-electron chi connectivity index (χ2n) is 6.25. The van der Waals surface area contributed by atoms with Crippen LogP contribution >= 0.6 is 35.6 Å². The lowest BCUT2D eigenvalue weighted by Crippen LogP contribution is -2.45. The van der Waals surface area contributed by atoms with Crippen molar-refractivity contribution in [1.29, 1.82) is 0 Å². The average molecular weight is 482 g/mol. The van der Waals surface area contributed by atoms with Crippen LogP contribution in [0.25, 0.3) is 0 Å². The third kappa shape index (κ3) is 8.46. The number of nitrogens with zero attached hydrogens (tertiary/aromatic N) is 1. The monoisotopic (exact) mass is 481 g/mol. The lowest BCUT2D eigenvalue weighted by atomic mass is 9.93. The Hall–Kier alpha value is -0.730. The zero-order valence-electron chi connectivity index (χ0n) is 14.9. The Labute approximate surface area is 172 Å². The van der Waals surface area contributed by atoms with Crippen LogP contribution in [0.2, 0.25) is 5.02 Å². The second kappa shape index (κ2) is 11.8. The van der Waals surface area contributed by atoms with E-state index in [-0.39, 0.29) is 36.2 Å². The van der Waals surface area contributed by atoms with Crippen LogP contribution in [0.4, 0.5) is 0 Å². The maximum Gasteiger partial charge on any atom is 0.191 e. The highest BCUT2D eigenvalue weighted by molar-refractivity contribution is 14.0. The Balaban J connectivity index is 0.00000312. The fourth-order valence-corrected chi connectivity index (χ4v) is 2.86. The Morgan fingerprint density at radius 2 is 1.92 bits per heavy atom. The van der Waals surface area contributed by atoms with E-state index in [1.807, 2.05) is 31.2 Å². The molecule has 0 aromatic heterocycles. The number of hydrogen-bond donors (Lipinski definition) is 3. The fraction of sp³-hybridized carbons (Fsp3) is 0.611. The van der Waals surface area contributed by atoms with Crippen LogP contribution in [-0.4, -0.2) is 42.4 Å². The first-order valence-corrected chi connectivity index (χ1v) is 9.09. The highest BCUT2D eigenvalue weighted by Gasteiger charge is 2.20. The number of ether oxygens (including phenoxy) is 1. The van der Waals surface area contributed by atoms with Gasteiger partial charge in [0.2, 0.25) is 0 Å². The summed E-state index contributed by atoms with van der Waals surface area (Å²) in [4.78, 5) is 4.62. The number of rotatable bonds is 6. The number of aliphatic imine (C=N–C) groups is 1. The van der Waals surface area contributed by atoms with Crippen LogP contribution in [0.1, 0.15) is 39.5 Å². The highest BCUT2D eigenvalue weighted by atomic mass is 127. The summed E-state index contributed by atoms with van der Waals surface area (Å²) in [6.45, 7) is 5.43. The third-order valence-electron chi connectivity index (χ3n) is 4.04. The molecule has 3 N–H and O–H groups in total. The molecular weight excluding hydrogens is 453 g/mol. The molecular formula is C18H29ClIN3O2. The molecule has 25 heavy (non-hydrogen) atoms. The van der Waals surface area contributed by atoms with E-state index in [1.54, 1.807) is 0 Å². The number of hydrogen-bond acceptors (Lipinski definition) is 3. The highest BCUT2D eigenvalue weighted by Crippen LogP contribution is 2.18. The normalized spacial score (nSPS) is 21.8. The van der Waals surface area contributed by atoms with E-state index < -0.39 is 0 Å². The molecule has 0 amide bonds. The molecule has 2 rings (SSSR count). The van der Waals surface area contributed by atoms with Gasteiger partial charge in [0, 0.05) is 17.6 Å². The van der Waals surface area contributed by atoms with E-state index in [4.69, 9.17) is 16.3 Å². The van der Waals surface area contributed by atoms with Crippen molar-refractivity contribution in [3.63, 3.8) is 0 Å². The molecule has 0 aliphatic heterocycles. The van der Waals surface area contributed by atoms with Gasteiger partial charge in [-0.15, -0.1) is 24.0 Å². The maximum atomic E-state index is 9.60. The fourth-order valence-electron chi connectivity index (χ4n) is 2.74. The zero-order chi connectivity index (χ0) is 17.4. The van der Waals surface area contributed by atoms with Gasteiger partial charge in [0.05, 0.1) is 12.6 Å². The van der Waals surface area contributed by atoms with Crippen molar-refractivity contribution >= 4 is 41.5 Å². The first-order chi connectivity index (χ1) is 11.6. The summed E-state index contributed by atoms with van der Waals surface area (Å²) >= 11 is 5.88. The smallest absolute Gasteiger partial charge is 0.191 e. The minimum atomic E-state index is -0.143. The van der Waals surface area contributed by atoms with Gasteiger partial charge in [-0.2, -0.15) is 0 Å². The Morgan fingerprint density at radius 1 is 1.28 bits per heavy atom. The van der Waals surface area contributed by atoms with Crippen molar-refractivity contribution in [1.82, 2.24) is 10.6 Å². The molecule has 0 bridgehead atoms. The predicted octanol–water partition coefficient (Wildman–Crippen LogP) is 3.58. The van der Waals surface area contributed by atoms with E-state index in [0.717, 1.165) is 43.9 Å². The maximum absolute atomic E-state index is 9.60. The van der Waals surface area contributed by atoms with Crippen molar-refractivity contribution in [2.75, 3.05) is 13.1 Å². The minimum absolute atomic E-state index is 0. The molecule has 1 atom stereocenters. The molecule has 0 saturated heterocycles. The molecule has 1 aromatic rings. The standard InChI is InChI=1S/C18H28ClN3O2.HI/c1-3-20-18(22-15-6-8-16(23)9-7-15)21-12-13(2)24-17-10-4-14(19)5-11-17;/h4-5,10-11,13,15-16,23H,3,6-9,12H2,1-2H3,(H2,20,21,22);1H. The van der Waals surface area contributed by atoms with Gasteiger partial charge in [-0.25, -0.2) is 4.99 Å². The topological polar surface area (TPSA) is 65.9 Å². The van der Waals surface area contributed by atoms with Gasteiger partial charge in [0.15, 0.2) is 5.96 Å². The quantitative estimate of drug-likeness (QED) is 0.330. The third-order valence-corrected chi connectivity index (χ3v) is 4.29. The number of halogens is 2. The first-order valence-electron chi connectivity index (χ1n) is 8.72. The summed E-state index contributed by atoms with van der Waals surface area (Å²) in [5.41, 5.74) is 0. The number of guanidine groups is 1. The van der Waals surface area contributed by atoms with Crippen LogP contribution in [0.15, 0.2) is 29.3 Å². The van der Waals surface area contributed by atoms with E-state index >= 15 is 0 Å². The lowest BCUT2D eigenvalue weighted by molar-refractivity contribution is 0.120. The number of aliphatic hydroxyl groups is 1. The Kier molecular flexibility index (Phi) is 10.5. The summed E-state index contributed by atoms with van der Waals surface area (Å²) in [7, 11) is 0. The SMILES string of the molecule is CCNC(=NCC(C)Oc1ccc(Cl)cc1)NC1CCC(O)CC1.I. The number of aliphatic hydroxyl groups excluding tert-OH is 1. The van der Waals surface area contributed by atoms with Gasteiger partial charge >= 0.3 is 0 Å². The lowest BCUT2D eigenvalue weighted by Gasteiger charge is -2.27. The number of benzene rings is 1. The summed E-state index contributed by atoms with van der Waals surface area (Å²) in [5, 5.41) is 17.0. The average Bonchev–Trinajstić information content (AvgIpc) is 2.57. The molecule has 1 unspecified atom stereocenters. The molecule has 0 spiro atoms. The molecule has 1 fully saturated rings. The van der Waals surface area contributed by atoms with Crippen molar-refractivity contribution < 1.29 is 9.84 Å². The summed E-state index contributed by atoms with van der Waals surface area (Å²) < 4.78 is 5.85. The molecule has 1 saturated carbocycles. The van der Waals surface area contributed by atoms with Crippen molar-refractivity contribution in [2.24, 2.45) is 4.99 Å². The molecule has 1 aliphatic carbocycles. The van der Waals surface area contributed by atoms with Crippen LogP contribution in [0.3, 0.4) is 0 Å². The Bertz CT molecular complexity index is 520. The largest absolute Gasteiger partial charge is 0.489 e. The van der Waals surface area contributed by atoms with Crippen LogP contribution in [-0.2, 0) is 0 Å². The molecule has 5 nitrogen and oxygen atoms in total. The summed E-state index contributed by atoms with van der Waals surface area (Å²) in [5.74, 6) is 1.60. The number of nitrogens with one attached hydrogen (secondary N) is 2. The predicted molar refractivity (Wildman–Crippen MR) is 114 cm³/mol. The van der Waals surface area contributed by atoms with E-state index in [9.17, 15) is 5.11 Å². The van der Waals surface area contributed by atoms with Gasteiger partial charge in [-0.1, -0.05) is 11.6 Å². The molecule has 0 heterocycles. The molecule has 7 heteroatoms. The second-order valence-corrected chi connectivity index (χ2v) is 6.69. The van der Waals surface area contributed by atoms with Crippen molar-refractivity contribution in [2.45, 2.75) is 57.8 Å². The van der Waals surface area contributed by atoms with Gasteiger partial charge in [-0.3, -0.25) is 0 Å². The Morgan fingerprint density at radius 3 is 2.52 bits per heavy atom.